The topological polar surface area (TPSA) is 50.4 Å². The minimum Gasteiger partial charge on any atom is -0.377 e. The van der Waals surface area contributed by atoms with E-state index in [1.54, 1.807) is 0 Å². The number of carbonyl (C=O) groups excluding carboxylic acids is 1. The molecule has 4 nitrogen and oxygen atoms in total. The van der Waals surface area contributed by atoms with E-state index in [0.29, 0.717) is 13.1 Å². The molecule has 5 heteroatoms. The summed E-state index contributed by atoms with van der Waals surface area (Å²) in [4.78, 5) is 11.7. The Morgan fingerprint density at radius 3 is 2.90 bits per heavy atom. The summed E-state index contributed by atoms with van der Waals surface area (Å²) in [6, 6.07) is 8.28. The molecule has 1 unspecified atom stereocenters. The van der Waals surface area contributed by atoms with Gasteiger partial charge in [-0.3, -0.25) is 4.79 Å². The quantitative estimate of drug-likeness (QED) is 0.808. The Morgan fingerprint density at radius 2 is 2.19 bits per heavy atom. The van der Waals surface area contributed by atoms with Crippen molar-refractivity contribution in [2.45, 2.75) is 32.3 Å². The molecule has 2 N–H and O–H groups in total. The lowest BCUT2D eigenvalue weighted by Crippen LogP contribution is -2.37. The number of aryl methyl sites for hydroxylation is 1. The van der Waals surface area contributed by atoms with Crippen LogP contribution in [0.15, 0.2) is 24.3 Å². The van der Waals surface area contributed by atoms with Crippen molar-refractivity contribution in [1.29, 1.82) is 0 Å². The van der Waals surface area contributed by atoms with Gasteiger partial charge in [-0.15, -0.1) is 12.4 Å². The second-order valence-corrected chi connectivity index (χ2v) is 5.29. The van der Waals surface area contributed by atoms with Crippen molar-refractivity contribution in [2.24, 2.45) is 0 Å². The molecule has 1 aliphatic rings. The molecule has 0 aromatic heterocycles. The Bertz CT molecular complexity index is 434. The molecule has 0 spiro atoms. The highest BCUT2D eigenvalue weighted by atomic mass is 35.5. The third kappa shape index (κ3) is 6.46. The highest BCUT2D eigenvalue weighted by Gasteiger charge is 2.14. The third-order valence-corrected chi connectivity index (χ3v) is 3.66. The lowest BCUT2D eigenvalue weighted by molar-refractivity contribution is -0.120. The van der Waals surface area contributed by atoms with E-state index in [0.717, 1.165) is 32.4 Å². The molecule has 1 atom stereocenters. The predicted octanol–water partition coefficient (Wildman–Crippen LogP) is 1.84. The summed E-state index contributed by atoms with van der Waals surface area (Å²) in [5, 5.41) is 6.09. The highest BCUT2D eigenvalue weighted by molar-refractivity contribution is 5.85. The van der Waals surface area contributed by atoms with Crippen LogP contribution in [0, 0.1) is 6.92 Å². The van der Waals surface area contributed by atoms with Crippen LogP contribution >= 0.6 is 12.4 Å². The molecule has 118 valence electrons. The molecule has 1 amide bonds. The first-order valence-electron chi connectivity index (χ1n) is 7.39. The number of carbonyl (C=O) groups is 1. The van der Waals surface area contributed by atoms with Crippen molar-refractivity contribution in [1.82, 2.24) is 10.6 Å². The van der Waals surface area contributed by atoms with Crippen molar-refractivity contribution in [3.63, 3.8) is 0 Å². The fourth-order valence-corrected chi connectivity index (χ4v) is 2.44. The monoisotopic (exact) mass is 312 g/mol. The number of ether oxygens (including phenoxy) is 1. The molecule has 0 saturated carbocycles. The maximum atomic E-state index is 11.7. The summed E-state index contributed by atoms with van der Waals surface area (Å²) in [6.07, 6.45) is 3.40. The van der Waals surface area contributed by atoms with Crippen LogP contribution in [0.4, 0.5) is 0 Å². The molecule has 1 heterocycles. The SMILES string of the molecule is Cc1ccccc1CCNC(=O)CNCC1CCCO1.Cl. The molecule has 0 radical (unpaired) electrons. The maximum Gasteiger partial charge on any atom is 0.233 e. The first kappa shape index (κ1) is 18.0. The average molecular weight is 313 g/mol. The van der Waals surface area contributed by atoms with Crippen LogP contribution in [-0.4, -0.2) is 38.3 Å². The van der Waals surface area contributed by atoms with Gasteiger partial charge in [-0.2, -0.15) is 0 Å². The van der Waals surface area contributed by atoms with Gasteiger partial charge in [0.1, 0.15) is 0 Å². The van der Waals surface area contributed by atoms with E-state index in [1.807, 2.05) is 12.1 Å². The zero-order valence-corrected chi connectivity index (χ0v) is 13.4. The molecule has 21 heavy (non-hydrogen) atoms. The Hall–Kier alpha value is -1.10. The highest BCUT2D eigenvalue weighted by Crippen LogP contribution is 2.10. The largest absolute Gasteiger partial charge is 0.377 e. The van der Waals surface area contributed by atoms with Gasteiger partial charge >= 0.3 is 0 Å². The van der Waals surface area contributed by atoms with Gasteiger partial charge in [-0.25, -0.2) is 0 Å². The minimum atomic E-state index is 0. The Labute approximate surface area is 133 Å². The molecule has 1 fully saturated rings. The van der Waals surface area contributed by atoms with Crippen LogP contribution in [0.25, 0.3) is 0 Å². The van der Waals surface area contributed by atoms with Crippen molar-refractivity contribution in [2.75, 3.05) is 26.2 Å². The van der Waals surface area contributed by atoms with Crippen LogP contribution in [0.5, 0.6) is 0 Å². The summed E-state index contributed by atoms with van der Waals surface area (Å²) in [5.41, 5.74) is 2.57. The van der Waals surface area contributed by atoms with Crippen molar-refractivity contribution in [3.8, 4) is 0 Å². The zero-order valence-electron chi connectivity index (χ0n) is 12.6. The predicted molar refractivity (Wildman–Crippen MR) is 87.0 cm³/mol. The van der Waals surface area contributed by atoms with Gasteiger partial charge in [-0.1, -0.05) is 24.3 Å². The normalized spacial score (nSPS) is 17.3. The van der Waals surface area contributed by atoms with E-state index in [9.17, 15) is 4.79 Å². The summed E-state index contributed by atoms with van der Waals surface area (Å²) >= 11 is 0. The summed E-state index contributed by atoms with van der Waals surface area (Å²) < 4.78 is 5.49. The molecule has 1 aliphatic heterocycles. The Balaban J connectivity index is 0.00000220. The molecule has 1 aromatic carbocycles. The summed E-state index contributed by atoms with van der Waals surface area (Å²) in [5.74, 6) is 0.0524. The maximum absolute atomic E-state index is 11.7. The first-order chi connectivity index (χ1) is 9.75. The number of amides is 1. The van der Waals surface area contributed by atoms with Crippen molar-refractivity contribution >= 4 is 18.3 Å². The molecular weight excluding hydrogens is 288 g/mol. The van der Waals surface area contributed by atoms with Crippen molar-refractivity contribution in [3.05, 3.63) is 35.4 Å². The molecule has 1 aromatic rings. The van der Waals surface area contributed by atoms with Crippen LogP contribution in [0.1, 0.15) is 24.0 Å². The molecule has 0 bridgehead atoms. The Morgan fingerprint density at radius 1 is 1.38 bits per heavy atom. The van der Waals surface area contributed by atoms with Crippen LogP contribution < -0.4 is 10.6 Å². The molecule has 0 aliphatic carbocycles. The van der Waals surface area contributed by atoms with Crippen LogP contribution in [0.2, 0.25) is 0 Å². The van der Waals surface area contributed by atoms with Gasteiger partial charge in [-0.05, 0) is 37.3 Å². The number of rotatable bonds is 7. The van der Waals surface area contributed by atoms with E-state index in [4.69, 9.17) is 4.74 Å². The van der Waals surface area contributed by atoms with E-state index in [2.05, 4.69) is 29.7 Å². The smallest absolute Gasteiger partial charge is 0.233 e. The third-order valence-electron chi connectivity index (χ3n) is 3.66. The van der Waals surface area contributed by atoms with E-state index in [1.165, 1.54) is 11.1 Å². The number of benzene rings is 1. The second kappa shape index (κ2) is 9.77. The fraction of sp³-hybridized carbons (Fsp3) is 0.562. The van der Waals surface area contributed by atoms with Gasteiger partial charge in [0.25, 0.3) is 0 Å². The van der Waals surface area contributed by atoms with Gasteiger partial charge in [0.2, 0.25) is 5.91 Å². The number of halogens is 1. The average Bonchev–Trinajstić information content (AvgIpc) is 2.94. The summed E-state index contributed by atoms with van der Waals surface area (Å²) in [6.45, 7) is 4.78. The van der Waals surface area contributed by atoms with E-state index in [-0.39, 0.29) is 24.4 Å². The summed E-state index contributed by atoms with van der Waals surface area (Å²) in [7, 11) is 0. The van der Waals surface area contributed by atoms with Gasteiger partial charge in [0, 0.05) is 19.7 Å². The lowest BCUT2D eigenvalue weighted by atomic mass is 10.1. The van der Waals surface area contributed by atoms with Gasteiger partial charge < -0.3 is 15.4 Å². The number of nitrogens with one attached hydrogen (secondary N) is 2. The first-order valence-corrected chi connectivity index (χ1v) is 7.39. The molecular formula is C16H25ClN2O2. The van der Waals surface area contributed by atoms with Crippen LogP contribution in [0.3, 0.4) is 0 Å². The van der Waals surface area contributed by atoms with Gasteiger partial charge in [0.15, 0.2) is 0 Å². The minimum absolute atomic E-state index is 0. The number of hydrogen-bond acceptors (Lipinski definition) is 3. The van der Waals surface area contributed by atoms with E-state index < -0.39 is 0 Å². The standard InChI is InChI=1S/C16H24N2O2.ClH/c1-13-5-2-3-6-14(13)8-9-18-16(19)12-17-11-15-7-4-10-20-15;/h2-3,5-6,15,17H,4,7-12H2,1H3,(H,18,19);1H. The van der Waals surface area contributed by atoms with Crippen molar-refractivity contribution < 1.29 is 9.53 Å². The van der Waals surface area contributed by atoms with Crippen LogP contribution in [-0.2, 0) is 16.0 Å². The number of hydrogen-bond donors (Lipinski definition) is 2. The second-order valence-electron chi connectivity index (χ2n) is 5.29. The Kier molecular flexibility index (Phi) is 8.35. The van der Waals surface area contributed by atoms with E-state index >= 15 is 0 Å². The molecule has 1 saturated heterocycles. The van der Waals surface area contributed by atoms with Gasteiger partial charge in [0.05, 0.1) is 12.6 Å². The zero-order chi connectivity index (χ0) is 14.2. The fourth-order valence-electron chi connectivity index (χ4n) is 2.44. The lowest BCUT2D eigenvalue weighted by Gasteiger charge is -2.11. The molecule has 2 rings (SSSR count).